The second-order valence-electron chi connectivity index (χ2n) is 6.41. The highest BCUT2D eigenvalue weighted by Crippen LogP contribution is 2.31. The van der Waals surface area contributed by atoms with E-state index in [0.29, 0.717) is 23.3 Å². The van der Waals surface area contributed by atoms with Crippen molar-refractivity contribution in [2.24, 2.45) is 5.92 Å². The number of hydrogen-bond donors (Lipinski definition) is 1. The van der Waals surface area contributed by atoms with E-state index in [1.807, 2.05) is 6.92 Å². The molecule has 8 nitrogen and oxygen atoms in total. The Bertz CT molecular complexity index is 947. The van der Waals surface area contributed by atoms with Gasteiger partial charge in [0.05, 0.1) is 17.8 Å². The zero-order chi connectivity index (χ0) is 16.8. The largest absolute Gasteiger partial charge is 0.310 e. The first kappa shape index (κ1) is 14.7. The predicted octanol–water partition coefficient (Wildman–Crippen LogP) is 1.84. The smallest absolute Gasteiger partial charge is 0.232 e. The zero-order valence-electron chi connectivity index (χ0n) is 13.7. The highest BCUT2D eigenvalue weighted by molar-refractivity contribution is 6.01. The normalized spacial score (nSPS) is 16.7. The third-order valence-electron chi connectivity index (χ3n) is 4.08. The lowest BCUT2D eigenvalue weighted by atomic mass is 10.1. The number of carbonyl (C=O) groups excluding carboxylic acids is 1. The molecular weight excluding hydrogens is 306 g/mol. The lowest BCUT2D eigenvalue weighted by Crippen LogP contribution is -2.08. The molecular formula is C16H17N7O. The molecule has 0 unspecified atom stereocenters. The fourth-order valence-corrected chi connectivity index (χ4v) is 2.82. The van der Waals surface area contributed by atoms with Gasteiger partial charge >= 0.3 is 0 Å². The maximum absolute atomic E-state index is 11.8. The highest BCUT2D eigenvalue weighted by atomic mass is 16.2. The number of aromatic nitrogens is 6. The molecule has 1 aliphatic heterocycles. The maximum atomic E-state index is 11.8. The SMILES string of the molecule is CC(C)Cc1nc(-c2ncc3c(n2)NC(=O)[C@@H]3C)cn2ncnc12. The summed E-state index contributed by atoms with van der Waals surface area (Å²) in [5.74, 6) is 1.18. The van der Waals surface area contributed by atoms with Gasteiger partial charge in [0.1, 0.15) is 17.8 Å². The summed E-state index contributed by atoms with van der Waals surface area (Å²) < 4.78 is 1.69. The maximum Gasteiger partial charge on any atom is 0.232 e. The van der Waals surface area contributed by atoms with Crippen molar-refractivity contribution in [3.05, 3.63) is 30.0 Å². The van der Waals surface area contributed by atoms with Gasteiger partial charge in [-0.3, -0.25) is 4.79 Å². The molecule has 0 bridgehead atoms. The van der Waals surface area contributed by atoms with E-state index < -0.39 is 0 Å². The van der Waals surface area contributed by atoms with Crippen LogP contribution in [0.25, 0.3) is 17.2 Å². The monoisotopic (exact) mass is 323 g/mol. The van der Waals surface area contributed by atoms with Crippen LogP contribution < -0.4 is 5.32 Å². The summed E-state index contributed by atoms with van der Waals surface area (Å²) in [6, 6.07) is 0. The van der Waals surface area contributed by atoms with E-state index in [1.165, 1.54) is 6.33 Å². The van der Waals surface area contributed by atoms with E-state index in [1.54, 1.807) is 16.9 Å². The first-order valence-corrected chi connectivity index (χ1v) is 7.90. The number of hydrogen-bond acceptors (Lipinski definition) is 6. The molecule has 3 aromatic rings. The van der Waals surface area contributed by atoms with Gasteiger partial charge < -0.3 is 5.32 Å². The molecule has 0 saturated heterocycles. The number of carbonyl (C=O) groups is 1. The molecule has 1 atom stereocenters. The Morgan fingerprint density at radius 3 is 2.92 bits per heavy atom. The molecule has 0 radical (unpaired) electrons. The predicted molar refractivity (Wildman–Crippen MR) is 87.4 cm³/mol. The molecule has 4 rings (SSSR count). The topological polar surface area (TPSA) is 98.0 Å². The van der Waals surface area contributed by atoms with Crippen LogP contribution in [0.1, 0.15) is 37.9 Å². The number of anilines is 1. The summed E-state index contributed by atoms with van der Waals surface area (Å²) in [5.41, 5.74) is 3.03. The number of fused-ring (bicyclic) bond motifs is 2. The first-order chi connectivity index (χ1) is 11.5. The molecule has 1 amide bonds. The molecule has 1 N–H and O–H groups in total. The Morgan fingerprint density at radius 2 is 2.12 bits per heavy atom. The van der Waals surface area contributed by atoms with Crippen LogP contribution in [0, 0.1) is 5.92 Å². The molecule has 0 spiro atoms. The Labute approximate surface area is 138 Å². The fourth-order valence-electron chi connectivity index (χ4n) is 2.82. The number of amides is 1. The number of nitrogens with zero attached hydrogens (tertiary/aromatic N) is 6. The summed E-state index contributed by atoms with van der Waals surface area (Å²) in [6.07, 6.45) is 5.74. The van der Waals surface area contributed by atoms with Gasteiger partial charge in [-0.2, -0.15) is 5.10 Å². The van der Waals surface area contributed by atoms with Crippen molar-refractivity contribution in [1.29, 1.82) is 0 Å². The lowest BCUT2D eigenvalue weighted by Gasteiger charge is -2.08. The Kier molecular flexibility index (Phi) is 3.26. The minimum absolute atomic E-state index is 0.0587. The van der Waals surface area contributed by atoms with Gasteiger partial charge in [0, 0.05) is 11.8 Å². The van der Waals surface area contributed by atoms with E-state index in [0.717, 1.165) is 23.3 Å². The molecule has 3 aromatic heterocycles. The van der Waals surface area contributed by atoms with E-state index >= 15 is 0 Å². The van der Waals surface area contributed by atoms with Crippen molar-refractivity contribution in [3.63, 3.8) is 0 Å². The molecule has 8 heteroatoms. The molecule has 0 aliphatic carbocycles. The molecule has 0 fully saturated rings. The van der Waals surface area contributed by atoms with Gasteiger partial charge in [-0.25, -0.2) is 24.5 Å². The second-order valence-corrected chi connectivity index (χ2v) is 6.41. The second kappa shape index (κ2) is 5.33. The molecule has 1 aliphatic rings. The molecule has 4 heterocycles. The van der Waals surface area contributed by atoms with Crippen molar-refractivity contribution in [3.8, 4) is 11.5 Å². The van der Waals surface area contributed by atoms with E-state index in [4.69, 9.17) is 0 Å². The van der Waals surface area contributed by atoms with Crippen LogP contribution in [0.4, 0.5) is 5.82 Å². The van der Waals surface area contributed by atoms with Crippen molar-refractivity contribution >= 4 is 17.4 Å². The molecule has 0 saturated carbocycles. The van der Waals surface area contributed by atoms with Crippen molar-refractivity contribution in [1.82, 2.24) is 29.5 Å². The standard InChI is InChI=1S/C16H17N7O/c1-8(2)4-11-15-18-7-19-23(15)6-12(20-11)14-17-5-10-9(3)16(24)22-13(10)21-14/h5-9H,4H2,1-3H3,(H,17,21,22,24)/t9-/m1/s1. The minimum Gasteiger partial charge on any atom is -0.310 e. The van der Waals surface area contributed by atoms with E-state index in [2.05, 4.69) is 44.2 Å². The Morgan fingerprint density at radius 1 is 1.29 bits per heavy atom. The molecule has 24 heavy (non-hydrogen) atoms. The van der Waals surface area contributed by atoms with Gasteiger partial charge in [0.15, 0.2) is 11.5 Å². The summed E-state index contributed by atoms with van der Waals surface area (Å²) in [6.45, 7) is 6.10. The molecule has 0 aromatic carbocycles. The summed E-state index contributed by atoms with van der Waals surface area (Å²) >= 11 is 0. The van der Waals surface area contributed by atoms with Crippen molar-refractivity contribution in [2.45, 2.75) is 33.1 Å². The van der Waals surface area contributed by atoms with Gasteiger partial charge in [-0.05, 0) is 19.3 Å². The van der Waals surface area contributed by atoms with Crippen LogP contribution in [0.2, 0.25) is 0 Å². The minimum atomic E-state index is -0.226. The van der Waals surface area contributed by atoms with Crippen LogP contribution in [0.5, 0.6) is 0 Å². The van der Waals surface area contributed by atoms with E-state index in [-0.39, 0.29) is 11.8 Å². The van der Waals surface area contributed by atoms with Gasteiger partial charge in [0.25, 0.3) is 0 Å². The van der Waals surface area contributed by atoms with Crippen LogP contribution in [-0.4, -0.2) is 35.5 Å². The third-order valence-corrected chi connectivity index (χ3v) is 4.08. The third kappa shape index (κ3) is 2.31. The van der Waals surface area contributed by atoms with Gasteiger partial charge in [-0.15, -0.1) is 0 Å². The van der Waals surface area contributed by atoms with Crippen molar-refractivity contribution in [2.75, 3.05) is 5.32 Å². The lowest BCUT2D eigenvalue weighted by molar-refractivity contribution is -0.116. The van der Waals surface area contributed by atoms with Crippen LogP contribution in [0.15, 0.2) is 18.7 Å². The summed E-state index contributed by atoms with van der Waals surface area (Å²) in [7, 11) is 0. The van der Waals surface area contributed by atoms with Crippen LogP contribution in [-0.2, 0) is 11.2 Å². The van der Waals surface area contributed by atoms with Gasteiger partial charge in [0.2, 0.25) is 5.91 Å². The summed E-state index contributed by atoms with van der Waals surface area (Å²) in [5, 5.41) is 6.99. The highest BCUT2D eigenvalue weighted by Gasteiger charge is 2.28. The Hall–Kier alpha value is -2.90. The number of rotatable bonds is 3. The van der Waals surface area contributed by atoms with Crippen LogP contribution >= 0.6 is 0 Å². The van der Waals surface area contributed by atoms with Crippen LogP contribution in [0.3, 0.4) is 0 Å². The average Bonchev–Trinajstić information content (AvgIpc) is 3.12. The quantitative estimate of drug-likeness (QED) is 0.789. The Balaban J connectivity index is 1.82. The molecule has 122 valence electrons. The van der Waals surface area contributed by atoms with Gasteiger partial charge in [-0.1, -0.05) is 13.8 Å². The average molecular weight is 323 g/mol. The van der Waals surface area contributed by atoms with Crippen molar-refractivity contribution < 1.29 is 4.79 Å². The fraction of sp³-hybridized carbons (Fsp3) is 0.375. The van der Waals surface area contributed by atoms with E-state index in [9.17, 15) is 4.79 Å². The first-order valence-electron chi connectivity index (χ1n) is 7.90. The zero-order valence-corrected chi connectivity index (χ0v) is 13.7. The number of nitrogens with one attached hydrogen (secondary N) is 1. The summed E-state index contributed by atoms with van der Waals surface area (Å²) in [4.78, 5) is 29.6.